The van der Waals surface area contributed by atoms with E-state index in [9.17, 15) is 19.5 Å². The number of nitrogens with one attached hydrogen (secondary N) is 2. The van der Waals surface area contributed by atoms with Gasteiger partial charge in [-0.2, -0.15) is 0 Å². The number of halogens is 2. The number of ether oxygens (including phenoxy) is 1. The summed E-state index contributed by atoms with van der Waals surface area (Å²) in [4.78, 5) is 42.3. The number of aromatic hydroxyl groups is 1. The smallest absolute Gasteiger partial charge is 0.329 e. The topological polar surface area (TPSA) is 157 Å². The molecule has 1 atom stereocenters. The van der Waals surface area contributed by atoms with Crippen molar-refractivity contribution in [3.63, 3.8) is 0 Å². The zero-order chi connectivity index (χ0) is 28.7. The number of amides is 2. The molecule has 0 spiro atoms. The fourth-order valence-electron chi connectivity index (χ4n) is 3.97. The van der Waals surface area contributed by atoms with Crippen LogP contribution in [0.25, 0.3) is 11.3 Å². The van der Waals surface area contributed by atoms with Crippen LogP contribution in [-0.2, 0) is 9.59 Å². The molecule has 0 bridgehead atoms. The number of imidazole rings is 1. The van der Waals surface area contributed by atoms with Crippen LogP contribution < -0.4 is 15.7 Å². The van der Waals surface area contributed by atoms with E-state index in [-0.39, 0.29) is 44.5 Å². The summed E-state index contributed by atoms with van der Waals surface area (Å²) in [5.41, 5.74) is 0.294. The maximum atomic E-state index is 13.2. The lowest BCUT2D eigenvalue weighted by Crippen LogP contribution is -2.38. The Kier molecular flexibility index (Phi) is 10.8. The fraction of sp³-hybridized carbons (Fsp3) is 0.346. The minimum Gasteiger partial charge on any atom is -0.493 e. The van der Waals surface area contributed by atoms with Gasteiger partial charge >= 0.3 is 5.69 Å². The number of aliphatic hydroxyl groups excluding tert-OH is 2. The number of hydrogen-bond acceptors (Lipinski definition) is 7. The second kappa shape index (κ2) is 13.8. The predicted molar refractivity (Wildman–Crippen MR) is 155 cm³/mol. The van der Waals surface area contributed by atoms with Crippen molar-refractivity contribution in [1.82, 2.24) is 14.5 Å². The van der Waals surface area contributed by atoms with Crippen LogP contribution in [0.1, 0.15) is 19.9 Å². The molecule has 11 nitrogen and oxygen atoms in total. The lowest BCUT2D eigenvalue weighted by molar-refractivity contribution is -0.134. The first kappa shape index (κ1) is 30.5. The third-order valence-corrected chi connectivity index (χ3v) is 6.85. The zero-order valence-electron chi connectivity index (χ0n) is 21.4. The van der Waals surface area contributed by atoms with E-state index in [1.54, 1.807) is 56.3 Å². The van der Waals surface area contributed by atoms with Crippen LogP contribution in [0.2, 0.25) is 5.02 Å². The van der Waals surface area contributed by atoms with Gasteiger partial charge in [-0.1, -0.05) is 25.4 Å². The number of aliphatic hydroxyl groups is 2. The molecule has 39 heavy (non-hydrogen) atoms. The van der Waals surface area contributed by atoms with Gasteiger partial charge in [0.2, 0.25) is 11.8 Å². The van der Waals surface area contributed by atoms with Crippen LogP contribution in [0.5, 0.6) is 11.6 Å². The van der Waals surface area contributed by atoms with Gasteiger partial charge < -0.3 is 35.3 Å². The molecule has 2 amide bonds. The van der Waals surface area contributed by atoms with Crippen LogP contribution in [0.15, 0.2) is 47.3 Å². The van der Waals surface area contributed by atoms with E-state index in [1.165, 1.54) is 4.90 Å². The molecule has 5 N–H and O–H groups in total. The molecule has 3 aromatic rings. The third-order valence-electron chi connectivity index (χ3n) is 5.87. The first-order valence-corrected chi connectivity index (χ1v) is 13.5. The third kappa shape index (κ3) is 7.53. The molecule has 13 heteroatoms. The Labute approximate surface area is 243 Å². The summed E-state index contributed by atoms with van der Waals surface area (Å²) in [7, 11) is 0. The van der Waals surface area contributed by atoms with Crippen molar-refractivity contribution in [2.24, 2.45) is 5.92 Å². The minimum absolute atomic E-state index is 0.0818. The van der Waals surface area contributed by atoms with Gasteiger partial charge in [0.15, 0.2) is 6.61 Å². The number of carbonyl (C=O) groups excluding carboxylic acids is 2. The van der Waals surface area contributed by atoms with Gasteiger partial charge in [0, 0.05) is 22.2 Å². The van der Waals surface area contributed by atoms with Crippen molar-refractivity contribution in [2.75, 3.05) is 38.2 Å². The highest BCUT2D eigenvalue weighted by atomic mass is 127. The Balaban J connectivity index is 1.79. The van der Waals surface area contributed by atoms with Crippen LogP contribution in [0.3, 0.4) is 0 Å². The van der Waals surface area contributed by atoms with E-state index >= 15 is 0 Å². The number of benzene rings is 2. The Morgan fingerprint density at radius 3 is 2.33 bits per heavy atom. The molecule has 0 unspecified atom stereocenters. The highest BCUT2D eigenvalue weighted by Crippen LogP contribution is 2.33. The van der Waals surface area contributed by atoms with Crippen molar-refractivity contribution in [3.05, 3.63) is 61.5 Å². The normalized spacial score (nSPS) is 11.9. The largest absolute Gasteiger partial charge is 0.493 e. The summed E-state index contributed by atoms with van der Waals surface area (Å²) >= 11 is 8.35. The highest BCUT2D eigenvalue weighted by molar-refractivity contribution is 14.1. The Morgan fingerprint density at radius 2 is 1.77 bits per heavy atom. The summed E-state index contributed by atoms with van der Waals surface area (Å²) in [5.74, 6) is -1.32. The van der Waals surface area contributed by atoms with E-state index in [1.807, 2.05) is 0 Å². The standard InChI is InChI=1S/C26H30ClIN4O7/c1-15(2)23(24(36)29-20-8-5-17(28)13-19(20)27)32-25(37)22(30-26(32)38)16-3-6-18(7-4-16)39-14-21(35)31(9-11-33)10-12-34/h3-8,13,15,23,33-34,37H,9-12,14H2,1-2H3,(H,29,36)(H,30,38)/t23-/m0/s1. The summed E-state index contributed by atoms with van der Waals surface area (Å²) in [6, 6.07) is 10.4. The first-order valence-electron chi connectivity index (χ1n) is 12.1. The molecule has 2 aromatic carbocycles. The molecule has 0 aliphatic heterocycles. The lowest BCUT2D eigenvalue weighted by Gasteiger charge is -2.22. The van der Waals surface area contributed by atoms with Crippen LogP contribution in [0.4, 0.5) is 5.69 Å². The molecular formula is C26H30ClIN4O7. The van der Waals surface area contributed by atoms with Gasteiger partial charge in [-0.15, -0.1) is 0 Å². The Bertz CT molecular complexity index is 1350. The van der Waals surface area contributed by atoms with Gasteiger partial charge in [-0.3, -0.25) is 9.59 Å². The minimum atomic E-state index is -1.03. The number of aromatic nitrogens is 2. The van der Waals surface area contributed by atoms with E-state index in [4.69, 9.17) is 26.6 Å². The van der Waals surface area contributed by atoms with Crippen LogP contribution in [0, 0.1) is 9.49 Å². The monoisotopic (exact) mass is 672 g/mol. The fourth-order valence-corrected chi connectivity index (χ4v) is 4.87. The maximum absolute atomic E-state index is 13.2. The van der Waals surface area contributed by atoms with Gasteiger partial charge in [0.25, 0.3) is 5.91 Å². The molecule has 0 saturated heterocycles. The van der Waals surface area contributed by atoms with Crippen molar-refractivity contribution >= 4 is 51.7 Å². The van der Waals surface area contributed by atoms with Crippen molar-refractivity contribution in [1.29, 1.82) is 0 Å². The number of hydrogen-bond donors (Lipinski definition) is 5. The van der Waals surface area contributed by atoms with E-state index in [0.717, 1.165) is 8.14 Å². The number of nitrogens with zero attached hydrogens (tertiary/aromatic N) is 2. The molecule has 0 radical (unpaired) electrons. The molecule has 3 rings (SSSR count). The van der Waals surface area contributed by atoms with Crippen molar-refractivity contribution in [2.45, 2.75) is 19.9 Å². The number of aromatic amines is 1. The highest BCUT2D eigenvalue weighted by Gasteiger charge is 2.30. The molecule has 210 valence electrons. The zero-order valence-corrected chi connectivity index (χ0v) is 24.3. The lowest BCUT2D eigenvalue weighted by atomic mass is 10.0. The second-order valence-electron chi connectivity index (χ2n) is 8.94. The maximum Gasteiger partial charge on any atom is 0.329 e. The molecule has 0 aliphatic rings. The van der Waals surface area contributed by atoms with Gasteiger partial charge in [0.1, 0.15) is 17.5 Å². The number of anilines is 1. The molecule has 0 fully saturated rings. The molecular weight excluding hydrogens is 643 g/mol. The summed E-state index contributed by atoms with van der Waals surface area (Å²) in [6.45, 7) is 2.91. The van der Waals surface area contributed by atoms with E-state index in [2.05, 4.69) is 32.9 Å². The van der Waals surface area contributed by atoms with Gasteiger partial charge in [0.05, 0.1) is 23.9 Å². The van der Waals surface area contributed by atoms with Crippen LogP contribution in [-0.4, -0.2) is 74.5 Å². The molecule has 1 heterocycles. The van der Waals surface area contributed by atoms with Gasteiger partial charge in [-0.05, 0) is 71.0 Å². The first-order chi connectivity index (χ1) is 18.6. The Hall–Kier alpha value is -3.07. The van der Waals surface area contributed by atoms with E-state index < -0.39 is 29.4 Å². The average Bonchev–Trinajstić information content (AvgIpc) is 3.18. The summed E-state index contributed by atoms with van der Waals surface area (Å²) in [5, 5.41) is 32.2. The number of rotatable bonds is 12. The Morgan fingerprint density at radius 1 is 1.13 bits per heavy atom. The van der Waals surface area contributed by atoms with Crippen molar-refractivity contribution < 1.29 is 29.6 Å². The van der Waals surface area contributed by atoms with Crippen molar-refractivity contribution in [3.8, 4) is 22.9 Å². The predicted octanol–water partition coefficient (Wildman–Crippen LogP) is 2.83. The molecule has 0 aliphatic carbocycles. The number of H-pyrrole nitrogens is 1. The molecule has 0 saturated carbocycles. The van der Waals surface area contributed by atoms with Crippen LogP contribution >= 0.6 is 34.2 Å². The van der Waals surface area contributed by atoms with E-state index in [0.29, 0.717) is 22.0 Å². The van der Waals surface area contributed by atoms with Gasteiger partial charge in [-0.25, -0.2) is 9.36 Å². The quantitative estimate of drug-likeness (QED) is 0.185. The SMILES string of the molecule is CC(C)[C@@H](C(=O)Nc1ccc(I)cc1Cl)n1c(O)c(-c2ccc(OCC(=O)N(CCO)CCO)cc2)[nH]c1=O. The summed E-state index contributed by atoms with van der Waals surface area (Å²) < 4.78 is 7.41. The summed E-state index contributed by atoms with van der Waals surface area (Å²) in [6.07, 6.45) is 0. The number of carbonyl (C=O) groups is 2. The molecule has 1 aromatic heterocycles. The second-order valence-corrected chi connectivity index (χ2v) is 10.6. The average molecular weight is 673 g/mol.